The molecule has 0 aromatic heterocycles. The molecule has 0 radical (unpaired) electrons. The molecule has 0 fully saturated rings. The standard InChI is InChI=1S/C48H95NO7/c1-6-10-14-18-20-24-35-44(33-22-16-12-8-3)47(52)54-40-30-26-32-43(5)56-49(38-28-29-39-50)42-46(51)37-27-31-41-55-48(53)45(34-23-17-13-9-4)36-25-21-19-15-11-7-2/h43-46,50-51H,6-42H2,1-5H3/t43?,44?,45?,46-/m1/s1. The molecule has 0 aromatic rings. The van der Waals surface area contributed by atoms with Gasteiger partial charge in [-0.1, -0.05) is 156 Å². The molecule has 334 valence electrons. The lowest BCUT2D eigenvalue weighted by Crippen LogP contribution is -2.36. The van der Waals surface area contributed by atoms with Crippen molar-refractivity contribution in [2.24, 2.45) is 11.8 Å². The van der Waals surface area contributed by atoms with Gasteiger partial charge in [0.05, 0.1) is 43.8 Å². The molecule has 56 heavy (non-hydrogen) atoms. The molecule has 0 aliphatic rings. The molecule has 0 amide bonds. The summed E-state index contributed by atoms with van der Waals surface area (Å²) in [5.74, 6) is 0.0117. The SMILES string of the molecule is CCCCCCCCC(CCCCCC)C(=O)OCCCCC(C)ON(CCCCO)C[C@H](O)CCCCOC(=O)C(CCCCCC)CCCCCCCC. The van der Waals surface area contributed by atoms with Gasteiger partial charge in [-0.3, -0.25) is 14.4 Å². The number of aliphatic hydroxyl groups excluding tert-OH is 2. The predicted molar refractivity (Wildman–Crippen MR) is 235 cm³/mol. The molecule has 0 rings (SSSR count). The number of carbonyl (C=O) groups excluding carboxylic acids is 2. The van der Waals surface area contributed by atoms with Crippen LogP contribution in [-0.2, 0) is 23.9 Å². The minimum absolute atomic E-state index is 0.00735. The first-order valence-electron chi connectivity index (χ1n) is 24.4. The Morgan fingerprint density at radius 1 is 0.482 bits per heavy atom. The van der Waals surface area contributed by atoms with Gasteiger partial charge in [0.2, 0.25) is 0 Å². The summed E-state index contributed by atoms with van der Waals surface area (Å²) in [6.07, 6.45) is 33.7. The zero-order chi connectivity index (χ0) is 41.3. The predicted octanol–water partition coefficient (Wildman–Crippen LogP) is 12.8. The van der Waals surface area contributed by atoms with Crippen molar-refractivity contribution < 1.29 is 34.1 Å². The molecule has 3 unspecified atom stereocenters. The van der Waals surface area contributed by atoms with Crippen LogP contribution < -0.4 is 0 Å². The van der Waals surface area contributed by atoms with E-state index in [9.17, 15) is 19.8 Å². The van der Waals surface area contributed by atoms with Crippen LogP contribution in [0, 0.1) is 11.8 Å². The molecular formula is C48H95NO7. The Labute approximate surface area is 347 Å². The molecule has 4 atom stereocenters. The third kappa shape index (κ3) is 34.8. The van der Waals surface area contributed by atoms with Crippen LogP contribution in [0.1, 0.15) is 240 Å². The number of hydroxylamine groups is 2. The summed E-state index contributed by atoms with van der Waals surface area (Å²) in [6, 6.07) is 0. The number of aliphatic hydroxyl groups is 2. The maximum absolute atomic E-state index is 13.0. The highest BCUT2D eigenvalue weighted by atomic mass is 16.7. The molecule has 0 aromatic carbocycles. The number of nitrogens with zero attached hydrogens (tertiary/aromatic N) is 1. The molecule has 0 heterocycles. The molecule has 2 N–H and O–H groups in total. The van der Waals surface area contributed by atoms with Crippen molar-refractivity contribution >= 4 is 11.9 Å². The molecule has 0 bridgehead atoms. The lowest BCUT2D eigenvalue weighted by atomic mass is 9.94. The van der Waals surface area contributed by atoms with Gasteiger partial charge in [-0.15, -0.1) is 0 Å². The lowest BCUT2D eigenvalue weighted by molar-refractivity contribution is -0.206. The number of carbonyl (C=O) groups is 2. The zero-order valence-electron chi connectivity index (χ0n) is 37.9. The van der Waals surface area contributed by atoms with Crippen LogP contribution >= 0.6 is 0 Å². The average Bonchev–Trinajstić information content (AvgIpc) is 3.18. The highest BCUT2D eigenvalue weighted by Gasteiger charge is 2.21. The summed E-state index contributed by atoms with van der Waals surface area (Å²) in [4.78, 5) is 32.3. The van der Waals surface area contributed by atoms with Crippen LogP contribution in [0.3, 0.4) is 0 Å². The number of esters is 2. The Bertz CT molecular complexity index is 780. The van der Waals surface area contributed by atoms with E-state index in [2.05, 4.69) is 34.6 Å². The van der Waals surface area contributed by atoms with Gasteiger partial charge >= 0.3 is 11.9 Å². The first-order valence-corrected chi connectivity index (χ1v) is 24.4. The summed E-state index contributed by atoms with van der Waals surface area (Å²) in [5.41, 5.74) is 0. The fourth-order valence-electron chi connectivity index (χ4n) is 7.55. The van der Waals surface area contributed by atoms with Gasteiger partial charge in [0.15, 0.2) is 0 Å². The molecule has 0 aliphatic heterocycles. The van der Waals surface area contributed by atoms with E-state index in [0.717, 1.165) is 89.9 Å². The van der Waals surface area contributed by atoms with E-state index in [4.69, 9.17) is 14.3 Å². The fourth-order valence-corrected chi connectivity index (χ4v) is 7.55. The van der Waals surface area contributed by atoms with Crippen molar-refractivity contribution in [3.63, 3.8) is 0 Å². The smallest absolute Gasteiger partial charge is 0.308 e. The van der Waals surface area contributed by atoms with E-state index < -0.39 is 6.10 Å². The molecular weight excluding hydrogens is 703 g/mol. The van der Waals surface area contributed by atoms with Crippen LogP contribution in [0.4, 0.5) is 0 Å². The van der Waals surface area contributed by atoms with Crippen molar-refractivity contribution in [1.82, 2.24) is 5.06 Å². The van der Waals surface area contributed by atoms with Gasteiger partial charge in [0, 0.05) is 13.2 Å². The molecule has 0 saturated carbocycles. The van der Waals surface area contributed by atoms with E-state index in [-0.39, 0.29) is 36.5 Å². The number of rotatable bonds is 44. The van der Waals surface area contributed by atoms with Crippen LogP contribution in [0.5, 0.6) is 0 Å². The van der Waals surface area contributed by atoms with E-state index in [1.54, 1.807) is 0 Å². The van der Waals surface area contributed by atoms with E-state index in [0.29, 0.717) is 39.1 Å². The number of hydrogen-bond acceptors (Lipinski definition) is 8. The van der Waals surface area contributed by atoms with E-state index >= 15 is 0 Å². The second-order valence-corrected chi connectivity index (χ2v) is 16.9. The Kier molecular flexibility index (Phi) is 41.0. The third-order valence-electron chi connectivity index (χ3n) is 11.3. The maximum Gasteiger partial charge on any atom is 0.308 e. The maximum atomic E-state index is 13.0. The van der Waals surface area contributed by atoms with Crippen LogP contribution in [0.25, 0.3) is 0 Å². The number of ether oxygens (including phenoxy) is 2. The Balaban J connectivity index is 4.61. The Morgan fingerprint density at radius 3 is 1.29 bits per heavy atom. The molecule has 8 nitrogen and oxygen atoms in total. The van der Waals surface area contributed by atoms with Crippen molar-refractivity contribution in [2.75, 3.05) is 32.9 Å². The second kappa shape index (κ2) is 41.9. The van der Waals surface area contributed by atoms with Gasteiger partial charge < -0.3 is 19.7 Å². The van der Waals surface area contributed by atoms with Crippen molar-refractivity contribution in [2.45, 2.75) is 252 Å². The largest absolute Gasteiger partial charge is 0.465 e. The van der Waals surface area contributed by atoms with Gasteiger partial charge in [0.1, 0.15) is 0 Å². The summed E-state index contributed by atoms with van der Waals surface area (Å²) >= 11 is 0. The van der Waals surface area contributed by atoms with E-state index in [1.165, 1.54) is 103 Å². The van der Waals surface area contributed by atoms with Crippen LogP contribution in [0.15, 0.2) is 0 Å². The van der Waals surface area contributed by atoms with Crippen molar-refractivity contribution in [1.29, 1.82) is 0 Å². The third-order valence-corrected chi connectivity index (χ3v) is 11.3. The topological polar surface area (TPSA) is 106 Å². The molecule has 0 spiro atoms. The minimum Gasteiger partial charge on any atom is -0.465 e. The van der Waals surface area contributed by atoms with Crippen LogP contribution in [-0.4, -0.2) is 72.3 Å². The van der Waals surface area contributed by atoms with Crippen molar-refractivity contribution in [3.05, 3.63) is 0 Å². The fraction of sp³-hybridized carbons (Fsp3) is 0.958. The quantitative estimate of drug-likeness (QED) is 0.0357. The summed E-state index contributed by atoms with van der Waals surface area (Å²) < 4.78 is 11.6. The minimum atomic E-state index is -0.545. The normalized spacial score (nSPS) is 13.9. The Hall–Kier alpha value is -1.22. The summed E-state index contributed by atoms with van der Waals surface area (Å²) in [7, 11) is 0. The summed E-state index contributed by atoms with van der Waals surface area (Å²) in [5, 5.41) is 22.1. The van der Waals surface area contributed by atoms with Crippen molar-refractivity contribution in [3.8, 4) is 0 Å². The summed E-state index contributed by atoms with van der Waals surface area (Å²) in [6.45, 7) is 13.0. The molecule has 0 aliphatic carbocycles. The van der Waals surface area contributed by atoms with Gasteiger partial charge in [-0.05, 0) is 84.0 Å². The number of hydrogen-bond donors (Lipinski definition) is 2. The highest BCUT2D eigenvalue weighted by Crippen LogP contribution is 2.22. The average molecular weight is 798 g/mol. The number of unbranched alkanes of at least 4 members (excludes halogenated alkanes) is 19. The monoisotopic (exact) mass is 798 g/mol. The highest BCUT2D eigenvalue weighted by molar-refractivity contribution is 5.72. The first kappa shape index (κ1) is 54.8. The van der Waals surface area contributed by atoms with E-state index in [1.807, 2.05) is 5.06 Å². The second-order valence-electron chi connectivity index (χ2n) is 16.9. The molecule has 8 heteroatoms. The molecule has 0 saturated heterocycles. The lowest BCUT2D eigenvalue weighted by Gasteiger charge is -2.28. The van der Waals surface area contributed by atoms with Crippen LogP contribution in [0.2, 0.25) is 0 Å². The van der Waals surface area contributed by atoms with Gasteiger partial charge in [0.25, 0.3) is 0 Å². The first-order chi connectivity index (χ1) is 27.3. The Morgan fingerprint density at radius 2 is 0.857 bits per heavy atom. The zero-order valence-corrected chi connectivity index (χ0v) is 37.9. The van der Waals surface area contributed by atoms with Gasteiger partial charge in [-0.2, -0.15) is 5.06 Å². The van der Waals surface area contributed by atoms with Gasteiger partial charge in [-0.25, -0.2) is 0 Å².